The van der Waals surface area contributed by atoms with Gasteiger partial charge in [0.2, 0.25) is 5.88 Å². The highest BCUT2D eigenvalue weighted by Crippen LogP contribution is 2.44. The quantitative estimate of drug-likeness (QED) is 0.267. The number of para-hydroxylation sites is 1. The average molecular weight is 489 g/mol. The van der Waals surface area contributed by atoms with E-state index in [9.17, 15) is 10.1 Å². The molecule has 0 bridgehead atoms. The molecular weight excluding hydrogens is 468 g/mol. The lowest BCUT2D eigenvalue weighted by atomic mass is 9.83. The lowest BCUT2D eigenvalue weighted by Gasteiger charge is -2.27. The third-order valence-corrected chi connectivity index (χ3v) is 5.48. The molecule has 8 heteroatoms. The van der Waals surface area contributed by atoms with Gasteiger partial charge in [0.1, 0.15) is 41.2 Å². The van der Waals surface area contributed by atoms with Gasteiger partial charge in [-0.2, -0.15) is 5.26 Å². The lowest BCUT2D eigenvalue weighted by molar-refractivity contribution is -0.136. The summed E-state index contributed by atoms with van der Waals surface area (Å²) >= 11 is 6.04. The maximum Gasteiger partial charge on any atom is 0.349 e. The second-order valence-corrected chi connectivity index (χ2v) is 7.90. The first-order valence-electron chi connectivity index (χ1n) is 10.6. The van der Waals surface area contributed by atoms with E-state index in [0.29, 0.717) is 34.4 Å². The standard InChI is InChI=1S/C27H21ClN2O5/c1-2-12-32-18-7-5-6-17(13-18)26-20-11-10-19(14-24(20)35-27(30)21(26)15-29)34-25(31)16-33-23-9-4-3-8-22(23)28/h2-11,13-14,26H,1,12,16,30H2. The zero-order chi connectivity index (χ0) is 24.8. The van der Waals surface area contributed by atoms with Crippen molar-refractivity contribution in [3.05, 3.63) is 107 Å². The van der Waals surface area contributed by atoms with Crippen LogP contribution in [0.1, 0.15) is 17.0 Å². The maximum absolute atomic E-state index is 12.3. The third kappa shape index (κ3) is 5.40. The van der Waals surface area contributed by atoms with Gasteiger partial charge in [-0.25, -0.2) is 4.79 Å². The molecule has 0 radical (unpaired) electrons. The molecule has 0 saturated carbocycles. The predicted octanol–water partition coefficient (Wildman–Crippen LogP) is 5.11. The molecule has 176 valence electrons. The van der Waals surface area contributed by atoms with Crippen LogP contribution in [0.4, 0.5) is 0 Å². The molecule has 2 N–H and O–H groups in total. The van der Waals surface area contributed by atoms with Crippen LogP contribution in [0.5, 0.6) is 23.0 Å². The number of carbonyl (C=O) groups is 1. The summed E-state index contributed by atoms with van der Waals surface area (Å²) in [6.07, 6.45) is 1.65. The summed E-state index contributed by atoms with van der Waals surface area (Å²) in [6, 6.07) is 21.3. The smallest absolute Gasteiger partial charge is 0.349 e. The Hall–Kier alpha value is -4.41. The Morgan fingerprint density at radius 3 is 2.71 bits per heavy atom. The largest absolute Gasteiger partial charge is 0.490 e. The minimum absolute atomic E-state index is 0.0204. The zero-order valence-electron chi connectivity index (χ0n) is 18.6. The second-order valence-electron chi connectivity index (χ2n) is 7.49. The molecule has 0 aromatic heterocycles. The van der Waals surface area contributed by atoms with E-state index in [1.807, 2.05) is 24.3 Å². The van der Waals surface area contributed by atoms with Crippen molar-refractivity contribution < 1.29 is 23.7 Å². The first-order valence-corrected chi connectivity index (χ1v) is 11.0. The number of allylic oxidation sites excluding steroid dienone is 1. The summed E-state index contributed by atoms with van der Waals surface area (Å²) < 4.78 is 22.2. The summed E-state index contributed by atoms with van der Waals surface area (Å²) in [7, 11) is 0. The molecule has 4 rings (SSSR count). The van der Waals surface area contributed by atoms with Crippen LogP contribution in [0.3, 0.4) is 0 Å². The van der Waals surface area contributed by atoms with E-state index in [1.54, 1.807) is 48.5 Å². The fourth-order valence-corrected chi connectivity index (χ4v) is 3.83. The molecule has 1 aliphatic rings. The summed E-state index contributed by atoms with van der Waals surface area (Å²) in [6.45, 7) is 3.68. The van der Waals surface area contributed by atoms with E-state index in [4.69, 9.17) is 36.3 Å². The van der Waals surface area contributed by atoms with E-state index < -0.39 is 11.9 Å². The number of benzene rings is 3. The molecule has 3 aromatic carbocycles. The molecule has 1 aliphatic heterocycles. The number of rotatable bonds is 8. The van der Waals surface area contributed by atoms with Crippen molar-refractivity contribution in [2.24, 2.45) is 5.73 Å². The summed E-state index contributed by atoms with van der Waals surface area (Å²) in [5.74, 6) is 0.509. The van der Waals surface area contributed by atoms with Crippen LogP contribution in [0.15, 0.2) is 90.8 Å². The molecular formula is C27H21ClN2O5. The highest BCUT2D eigenvalue weighted by Gasteiger charge is 2.31. The molecule has 7 nitrogen and oxygen atoms in total. The Kier molecular flexibility index (Phi) is 7.24. The Labute approximate surface area is 207 Å². The number of nitriles is 1. The van der Waals surface area contributed by atoms with Gasteiger partial charge >= 0.3 is 5.97 Å². The Morgan fingerprint density at radius 1 is 1.11 bits per heavy atom. The third-order valence-electron chi connectivity index (χ3n) is 5.16. The van der Waals surface area contributed by atoms with Crippen molar-refractivity contribution in [3.63, 3.8) is 0 Å². The predicted molar refractivity (Wildman–Crippen MR) is 130 cm³/mol. The van der Waals surface area contributed by atoms with E-state index in [-0.39, 0.29) is 23.8 Å². The van der Waals surface area contributed by atoms with Crippen molar-refractivity contribution in [1.82, 2.24) is 0 Å². The number of hydrogen-bond donors (Lipinski definition) is 1. The van der Waals surface area contributed by atoms with Gasteiger partial charge in [0.15, 0.2) is 6.61 Å². The van der Waals surface area contributed by atoms with Crippen LogP contribution in [0, 0.1) is 11.3 Å². The van der Waals surface area contributed by atoms with Gasteiger partial charge in [0, 0.05) is 11.6 Å². The molecule has 0 fully saturated rings. The molecule has 0 aliphatic carbocycles. The SMILES string of the molecule is C=CCOc1cccc(C2C(C#N)=C(N)Oc3cc(OC(=O)COc4ccccc4Cl)ccc32)c1. The summed E-state index contributed by atoms with van der Waals surface area (Å²) in [5, 5.41) is 10.2. The van der Waals surface area contributed by atoms with Crippen molar-refractivity contribution in [2.75, 3.05) is 13.2 Å². The summed E-state index contributed by atoms with van der Waals surface area (Å²) in [5.41, 5.74) is 7.85. The normalized spacial score (nSPS) is 14.2. The average Bonchev–Trinajstić information content (AvgIpc) is 2.86. The monoisotopic (exact) mass is 488 g/mol. The van der Waals surface area contributed by atoms with Crippen LogP contribution in [0.2, 0.25) is 5.02 Å². The number of hydrogen-bond acceptors (Lipinski definition) is 7. The van der Waals surface area contributed by atoms with Gasteiger partial charge in [-0.05, 0) is 35.9 Å². The number of esters is 1. The minimum atomic E-state index is -0.620. The fourth-order valence-electron chi connectivity index (χ4n) is 3.64. The van der Waals surface area contributed by atoms with Crippen molar-refractivity contribution in [1.29, 1.82) is 5.26 Å². The van der Waals surface area contributed by atoms with Crippen molar-refractivity contribution >= 4 is 17.6 Å². The molecule has 1 heterocycles. The van der Waals surface area contributed by atoms with Crippen LogP contribution in [-0.2, 0) is 4.79 Å². The van der Waals surface area contributed by atoms with Crippen LogP contribution in [-0.4, -0.2) is 19.2 Å². The maximum atomic E-state index is 12.3. The molecule has 0 spiro atoms. The van der Waals surface area contributed by atoms with Gasteiger partial charge in [-0.3, -0.25) is 0 Å². The topological polar surface area (TPSA) is 104 Å². The Morgan fingerprint density at radius 2 is 1.94 bits per heavy atom. The van der Waals surface area contributed by atoms with Crippen molar-refractivity contribution in [2.45, 2.75) is 5.92 Å². The van der Waals surface area contributed by atoms with E-state index in [1.165, 1.54) is 0 Å². The molecule has 1 atom stereocenters. The number of nitrogens with two attached hydrogens (primary N) is 1. The highest BCUT2D eigenvalue weighted by atomic mass is 35.5. The number of halogens is 1. The molecule has 3 aromatic rings. The molecule has 0 amide bonds. The molecule has 0 saturated heterocycles. The number of fused-ring (bicyclic) bond motifs is 1. The van der Waals surface area contributed by atoms with Crippen molar-refractivity contribution in [3.8, 4) is 29.1 Å². The van der Waals surface area contributed by atoms with Crippen LogP contribution in [0.25, 0.3) is 0 Å². The first kappa shape index (κ1) is 23.7. The van der Waals surface area contributed by atoms with Gasteiger partial charge in [-0.15, -0.1) is 0 Å². The number of ether oxygens (including phenoxy) is 4. The van der Waals surface area contributed by atoms with Gasteiger partial charge in [0.05, 0.1) is 10.9 Å². The van der Waals surface area contributed by atoms with Crippen LogP contribution >= 0.6 is 11.6 Å². The van der Waals surface area contributed by atoms with E-state index >= 15 is 0 Å². The van der Waals surface area contributed by atoms with Gasteiger partial charge in [0.25, 0.3) is 0 Å². The van der Waals surface area contributed by atoms with E-state index in [2.05, 4.69) is 12.6 Å². The number of nitrogens with zero attached hydrogens (tertiary/aromatic N) is 1. The Bertz CT molecular complexity index is 1350. The van der Waals surface area contributed by atoms with Gasteiger partial charge in [-0.1, -0.05) is 54.6 Å². The van der Waals surface area contributed by atoms with Gasteiger partial charge < -0.3 is 24.7 Å². The molecule has 35 heavy (non-hydrogen) atoms. The first-order chi connectivity index (χ1) is 17.0. The second kappa shape index (κ2) is 10.7. The fraction of sp³-hybridized carbons (Fsp3) is 0.111. The lowest BCUT2D eigenvalue weighted by Crippen LogP contribution is -2.21. The highest BCUT2D eigenvalue weighted by molar-refractivity contribution is 6.32. The van der Waals surface area contributed by atoms with E-state index in [0.717, 1.165) is 5.56 Å². The summed E-state index contributed by atoms with van der Waals surface area (Å²) in [4.78, 5) is 12.3. The van der Waals surface area contributed by atoms with Crippen LogP contribution < -0.4 is 24.7 Å². The molecule has 1 unspecified atom stereocenters. The number of carbonyl (C=O) groups excluding carboxylic acids is 1. The zero-order valence-corrected chi connectivity index (χ0v) is 19.3. The minimum Gasteiger partial charge on any atom is -0.490 e. The Balaban J connectivity index is 1.56.